The first-order valence-electron chi connectivity index (χ1n) is 10.5. The lowest BCUT2D eigenvalue weighted by atomic mass is 10.1. The molecule has 1 aliphatic rings. The van der Waals surface area contributed by atoms with Gasteiger partial charge in [0.25, 0.3) is 5.91 Å². The maximum Gasteiger partial charge on any atom is 0.251 e. The topological polar surface area (TPSA) is 49.4 Å². The summed E-state index contributed by atoms with van der Waals surface area (Å²) in [6, 6.07) is 23.2. The molecule has 4 nitrogen and oxygen atoms in total. The Morgan fingerprint density at radius 3 is 2.38 bits per heavy atom. The quantitative estimate of drug-likeness (QED) is 0.493. The summed E-state index contributed by atoms with van der Waals surface area (Å²) >= 11 is 7.58. The molecule has 6 heteroatoms. The van der Waals surface area contributed by atoms with Gasteiger partial charge in [-0.1, -0.05) is 65.7 Å². The number of nitrogens with one attached hydrogen (secondary N) is 1. The van der Waals surface area contributed by atoms with E-state index in [2.05, 4.69) is 5.32 Å². The largest absolute Gasteiger partial charge is 0.346 e. The van der Waals surface area contributed by atoms with Crippen LogP contribution in [0.4, 0.5) is 0 Å². The van der Waals surface area contributed by atoms with Crippen LogP contribution in [-0.4, -0.2) is 22.5 Å². The van der Waals surface area contributed by atoms with Gasteiger partial charge >= 0.3 is 0 Å². The summed E-state index contributed by atoms with van der Waals surface area (Å²) in [5.41, 5.74) is 4.91. The second-order valence-corrected chi connectivity index (χ2v) is 9.54. The molecule has 4 rings (SSSR count). The van der Waals surface area contributed by atoms with Gasteiger partial charge in [-0.3, -0.25) is 9.59 Å². The number of carbonyl (C=O) groups is 2. The molecule has 0 aliphatic carbocycles. The number of hydrogen-bond acceptors (Lipinski definition) is 3. The Morgan fingerprint density at radius 1 is 1.06 bits per heavy atom. The molecule has 1 N–H and O–H groups in total. The maximum absolute atomic E-state index is 12.7. The highest BCUT2D eigenvalue weighted by Crippen LogP contribution is 2.39. The minimum Gasteiger partial charge on any atom is -0.346 e. The number of benzene rings is 3. The Morgan fingerprint density at radius 2 is 1.72 bits per heavy atom. The zero-order chi connectivity index (χ0) is 22.7. The Hall–Kier alpha value is -2.76. The highest BCUT2D eigenvalue weighted by molar-refractivity contribution is 8.00. The Labute approximate surface area is 198 Å². The van der Waals surface area contributed by atoms with Crippen LogP contribution in [-0.2, 0) is 11.3 Å². The van der Waals surface area contributed by atoms with Crippen LogP contribution >= 0.6 is 23.4 Å². The van der Waals surface area contributed by atoms with E-state index < -0.39 is 0 Å². The monoisotopic (exact) mass is 464 g/mol. The van der Waals surface area contributed by atoms with Gasteiger partial charge in [0, 0.05) is 17.1 Å². The normalized spacial score (nSPS) is 16.8. The van der Waals surface area contributed by atoms with Gasteiger partial charge in [0.1, 0.15) is 5.37 Å². The molecule has 0 saturated carbocycles. The molecule has 3 aromatic carbocycles. The highest BCUT2D eigenvalue weighted by Gasteiger charge is 2.32. The van der Waals surface area contributed by atoms with Crippen LogP contribution in [0.15, 0.2) is 72.8 Å². The van der Waals surface area contributed by atoms with Crippen molar-refractivity contribution in [1.29, 1.82) is 0 Å². The standard InChI is InChI=1S/C26H25ClN2O2S/c1-17-3-7-20(8-4-17)18(2)28-25(31)21-9-11-22(12-10-21)26-29(24(30)16-32-26)15-19-5-13-23(27)14-6-19/h3-14,18,26H,15-16H2,1-2H3,(H,28,31). The van der Waals surface area contributed by atoms with Crippen molar-refractivity contribution >= 4 is 35.2 Å². The van der Waals surface area contributed by atoms with Crippen molar-refractivity contribution in [3.05, 3.63) is 106 Å². The summed E-state index contributed by atoms with van der Waals surface area (Å²) in [5.74, 6) is 0.454. The van der Waals surface area contributed by atoms with Crippen molar-refractivity contribution in [1.82, 2.24) is 10.2 Å². The number of halogens is 1. The average Bonchev–Trinajstić information content (AvgIpc) is 3.16. The fraction of sp³-hybridized carbons (Fsp3) is 0.231. The second-order valence-electron chi connectivity index (χ2n) is 8.04. The number of rotatable bonds is 6. The van der Waals surface area contributed by atoms with E-state index >= 15 is 0 Å². The molecular formula is C26H25ClN2O2S. The number of thioether (sulfide) groups is 1. The van der Waals surface area contributed by atoms with E-state index in [0.717, 1.165) is 16.7 Å². The Bertz CT molecular complexity index is 1100. The van der Waals surface area contributed by atoms with Crippen molar-refractivity contribution in [3.63, 3.8) is 0 Å². The molecule has 2 amide bonds. The lowest BCUT2D eigenvalue weighted by Crippen LogP contribution is -2.28. The van der Waals surface area contributed by atoms with Crippen molar-refractivity contribution in [3.8, 4) is 0 Å². The van der Waals surface area contributed by atoms with Gasteiger partial charge in [-0.2, -0.15) is 0 Å². The van der Waals surface area contributed by atoms with Crippen LogP contribution in [0.2, 0.25) is 5.02 Å². The van der Waals surface area contributed by atoms with Crippen LogP contribution < -0.4 is 5.32 Å². The third kappa shape index (κ3) is 5.17. The van der Waals surface area contributed by atoms with Gasteiger partial charge in [0.05, 0.1) is 11.8 Å². The van der Waals surface area contributed by atoms with Crippen LogP contribution in [0.1, 0.15) is 51.0 Å². The summed E-state index contributed by atoms with van der Waals surface area (Å²) in [4.78, 5) is 27.1. The van der Waals surface area contributed by atoms with E-state index in [4.69, 9.17) is 11.6 Å². The highest BCUT2D eigenvalue weighted by atomic mass is 35.5. The smallest absolute Gasteiger partial charge is 0.251 e. The fourth-order valence-corrected chi connectivity index (χ4v) is 5.02. The van der Waals surface area contributed by atoms with E-state index in [0.29, 0.717) is 22.9 Å². The molecule has 1 aliphatic heterocycles. The van der Waals surface area contributed by atoms with E-state index in [9.17, 15) is 9.59 Å². The van der Waals surface area contributed by atoms with E-state index in [1.165, 1.54) is 5.56 Å². The summed E-state index contributed by atoms with van der Waals surface area (Å²) < 4.78 is 0. The summed E-state index contributed by atoms with van der Waals surface area (Å²) in [6.45, 7) is 4.55. The number of hydrogen-bond donors (Lipinski definition) is 1. The Balaban J connectivity index is 1.43. The third-order valence-electron chi connectivity index (χ3n) is 5.62. The van der Waals surface area contributed by atoms with E-state index in [1.54, 1.807) is 11.8 Å². The lowest BCUT2D eigenvalue weighted by molar-refractivity contribution is -0.128. The number of aryl methyl sites for hydroxylation is 1. The fourth-order valence-electron chi connectivity index (χ4n) is 3.71. The van der Waals surface area contributed by atoms with Gasteiger partial charge in [-0.05, 0) is 54.8 Å². The maximum atomic E-state index is 12.7. The van der Waals surface area contributed by atoms with Gasteiger partial charge in [0.15, 0.2) is 0 Å². The van der Waals surface area contributed by atoms with Gasteiger partial charge in [-0.15, -0.1) is 11.8 Å². The molecule has 0 aromatic heterocycles. The molecule has 0 radical (unpaired) electrons. The van der Waals surface area contributed by atoms with Gasteiger partial charge < -0.3 is 10.2 Å². The molecule has 1 fully saturated rings. The van der Waals surface area contributed by atoms with Crippen molar-refractivity contribution in [2.75, 3.05) is 5.75 Å². The minimum absolute atomic E-state index is 0.0678. The van der Waals surface area contributed by atoms with Gasteiger partial charge in [-0.25, -0.2) is 0 Å². The van der Waals surface area contributed by atoms with Crippen molar-refractivity contribution in [2.45, 2.75) is 31.8 Å². The zero-order valence-corrected chi connectivity index (χ0v) is 19.6. The summed E-state index contributed by atoms with van der Waals surface area (Å²) in [5, 5.41) is 3.67. The molecule has 32 heavy (non-hydrogen) atoms. The lowest BCUT2D eigenvalue weighted by Gasteiger charge is -2.24. The molecule has 0 spiro atoms. The molecule has 1 saturated heterocycles. The number of carbonyl (C=O) groups excluding carboxylic acids is 2. The first-order chi connectivity index (χ1) is 15.4. The minimum atomic E-state index is -0.113. The predicted molar refractivity (Wildman–Crippen MR) is 131 cm³/mol. The Kier molecular flexibility index (Phi) is 6.87. The molecule has 164 valence electrons. The van der Waals surface area contributed by atoms with Crippen LogP contribution in [0, 0.1) is 6.92 Å². The van der Waals surface area contributed by atoms with E-state index in [1.807, 2.05) is 91.5 Å². The van der Waals surface area contributed by atoms with E-state index in [-0.39, 0.29) is 23.2 Å². The van der Waals surface area contributed by atoms with Crippen LogP contribution in [0.25, 0.3) is 0 Å². The molecule has 3 aromatic rings. The first kappa shape index (κ1) is 22.4. The van der Waals surface area contributed by atoms with Gasteiger partial charge in [0.2, 0.25) is 5.91 Å². The molecule has 2 atom stereocenters. The molecule has 0 bridgehead atoms. The summed E-state index contributed by atoms with van der Waals surface area (Å²) in [7, 11) is 0. The molecular weight excluding hydrogens is 440 g/mol. The van der Waals surface area contributed by atoms with Crippen LogP contribution in [0.5, 0.6) is 0 Å². The average molecular weight is 465 g/mol. The zero-order valence-electron chi connectivity index (χ0n) is 18.0. The number of amides is 2. The second kappa shape index (κ2) is 9.80. The third-order valence-corrected chi connectivity index (χ3v) is 7.13. The van der Waals surface area contributed by atoms with Crippen molar-refractivity contribution in [2.24, 2.45) is 0 Å². The van der Waals surface area contributed by atoms with Crippen LogP contribution in [0.3, 0.4) is 0 Å². The predicted octanol–water partition coefficient (Wildman–Crippen LogP) is 5.91. The SMILES string of the molecule is Cc1ccc(C(C)NC(=O)c2ccc(C3SCC(=O)N3Cc3ccc(Cl)cc3)cc2)cc1. The first-order valence-corrected chi connectivity index (χ1v) is 12.0. The molecule has 2 unspecified atom stereocenters. The summed E-state index contributed by atoms with van der Waals surface area (Å²) in [6.07, 6.45) is 0. The molecule has 1 heterocycles. The van der Waals surface area contributed by atoms with Crippen molar-refractivity contribution < 1.29 is 9.59 Å². The number of nitrogens with zero attached hydrogens (tertiary/aromatic N) is 1.